The number of alkyl carbamates (subject to hydrolysis) is 1. The summed E-state index contributed by atoms with van der Waals surface area (Å²) in [6, 6.07) is 12.8. The maximum absolute atomic E-state index is 12.7. The van der Waals surface area contributed by atoms with Crippen molar-refractivity contribution >= 4 is 47.1 Å². The Labute approximate surface area is 268 Å². The van der Waals surface area contributed by atoms with Crippen LogP contribution in [-0.4, -0.2) is 51.9 Å². The summed E-state index contributed by atoms with van der Waals surface area (Å²) in [5.41, 5.74) is 6.96. The summed E-state index contributed by atoms with van der Waals surface area (Å²) in [6.07, 6.45) is -1.29. The second-order valence-electron chi connectivity index (χ2n) is 12.0. The van der Waals surface area contributed by atoms with Crippen LogP contribution in [0.15, 0.2) is 48.5 Å². The number of aromatic nitrogens is 2. The Morgan fingerprint density at radius 2 is 1.60 bits per heavy atom. The molecule has 1 atom stereocenters. The smallest absolute Gasteiger partial charge is 0.408 e. The number of nitrogens with zero attached hydrogens (tertiary/aromatic N) is 2. The van der Waals surface area contributed by atoms with Crippen molar-refractivity contribution in [2.45, 2.75) is 78.7 Å². The minimum atomic E-state index is -1.29. The number of benzene rings is 2. The van der Waals surface area contributed by atoms with Gasteiger partial charge in [0.1, 0.15) is 35.4 Å². The van der Waals surface area contributed by atoms with Crippen molar-refractivity contribution in [2.75, 3.05) is 17.7 Å². The van der Waals surface area contributed by atoms with Gasteiger partial charge < -0.3 is 35.3 Å². The molecule has 1 aromatic heterocycles. The number of amides is 1. The number of hydrogen-bond acceptors (Lipinski definition) is 11. The largest absolute Gasteiger partial charge is 0.493 e. The monoisotopic (exact) mass is 641 g/mol. The summed E-state index contributed by atoms with van der Waals surface area (Å²) >= 11 is 6.22. The van der Waals surface area contributed by atoms with Crippen LogP contribution in [0.1, 0.15) is 60.5 Å². The number of nitrogens with two attached hydrogens (primary N) is 1. The lowest BCUT2D eigenvalue weighted by molar-refractivity contribution is -0.161. The van der Waals surface area contributed by atoms with Crippen LogP contribution in [0, 0.1) is 0 Å². The average molecular weight is 642 g/mol. The van der Waals surface area contributed by atoms with Gasteiger partial charge in [-0.25, -0.2) is 14.6 Å². The van der Waals surface area contributed by atoms with Gasteiger partial charge in [0.05, 0.1) is 18.7 Å². The van der Waals surface area contributed by atoms with E-state index in [1.807, 2.05) is 6.92 Å². The zero-order chi connectivity index (χ0) is 33.4. The third-order valence-corrected chi connectivity index (χ3v) is 5.88. The molecule has 0 aliphatic rings. The van der Waals surface area contributed by atoms with Gasteiger partial charge in [-0.05, 0) is 84.4 Å². The van der Waals surface area contributed by atoms with Gasteiger partial charge >= 0.3 is 18.0 Å². The van der Waals surface area contributed by atoms with Crippen LogP contribution >= 0.6 is 11.6 Å². The molecule has 3 rings (SSSR count). The van der Waals surface area contributed by atoms with Crippen LogP contribution < -0.4 is 21.1 Å². The molecule has 0 aliphatic carbocycles. The molecule has 0 spiro atoms. The zero-order valence-electron chi connectivity index (χ0n) is 26.5. The molecule has 0 saturated heterocycles. The highest BCUT2D eigenvalue weighted by molar-refractivity contribution is 6.31. The fraction of sp³-hybridized carbons (Fsp3) is 0.406. The SMILES string of the molecule is CCOc1ccc(Cl)cc1-c1cc(Nc2ccc(COC(=O)C[C@H](NC(=O)OC(C)(C)C)C(=O)OC(C)(C)C)cc2)nc(N)n1. The van der Waals surface area contributed by atoms with Gasteiger partial charge in [0.2, 0.25) is 5.95 Å². The van der Waals surface area contributed by atoms with Crippen LogP contribution in [0.5, 0.6) is 5.75 Å². The molecule has 13 heteroatoms. The molecule has 0 radical (unpaired) electrons. The summed E-state index contributed by atoms with van der Waals surface area (Å²) in [4.78, 5) is 46.3. The molecule has 0 bridgehead atoms. The number of esters is 2. The molecule has 0 saturated carbocycles. The predicted molar refractivity (Wildman–Crippen MR) is 171 cm³/mol. The van der Waals surface area contributed by atoms with E-state index in [0.717, 1.165) is 0 Å². The quantitative estimate of drug-likeness (QED) is 0.161. The van der Waals surface area contributed by atoms with Gasteiger partial charge in [-0.15, -0.1) is 0 Å². The van der Waals surface area contributed by atoms with Crippen molar-refractivity contribution in [1.82, 2.24) is 15.3 Å². The molecule has 4 N–H and O–H groups in total. The number of ether oxygens (including phenoxy) is 4. The first-order valence-corrected chi connectivity index (χ1v) is 14.7. The molecule has 12 nitrogen and oxygen atoms in total. The maximum Gasteiger partial charge on any atom is 0.408 e. The lowest BCUT2D eigenvalue weighted by atomic mass is 10.1. The first kappa shape index (κ1) is 34.9. The highest BCUT2D eigenvalue weighted by Gasteiger charge is 2.31. The van der Waals surface area contributed by atoms with Gasteiger partial charge in [0.25, 0.3) is 0 Å². The number of hydrogen-bond donors (Lipinski definition) is 3. The van der Waals surface area contributed by atoms with Gasteiger partial charge in [0.15, 0.2) is 0 Å². The van der Waals surface area contributed by atoms with E-state index in [1.165, 1.54) is 0 Å². The number of halogens is 1. The number of anilines is 3. The van der Waals surface area contributed by atoms with Crippen molar-refractivity contribution in [2.24, 2.45) is 0 Å². The van der Waals surface area contributed by atoms with E-state index < -0.39 is 41.7 Å². The maximum atomic E-state index is 12.7. The average Bonchev–Trinajstić information content (AvgIpc) is 2.91. The van der Waals surface area contributed by atoms with Crippen molar-refractivity contribution < 1.29 is 33.3 Å². The Balaban J connectivity index is 1.65. The van der Waals surface area contributed by atoms with Crippen molar-refractivity contribution in [3.8, 4) is 17.0 Å². The topological polar surface area (TPSA) is 164 Å². The third kappa shape index (κ3) is 11.8. The Kier molecular flexibility index (Phi) is 11.6. The Morgan fingerprint density at radius 3 is 2.22 bits per heavy atom. The summed E-state index contributed by atoms with van der Waals surface area (Å²) in [6.45, 7) is 12.4. The predicted octanol–water partition coefficient (Wildman–Crippen LogP) is 6.19. The van der Waals surface area contributed by atoms with Crippen LogP contribution in [-0.2, 0) is 30.4 Å². The van der Waals surface area contributed by atoms with E-state index in [1.54, 1.807) is 90.1 Å². The van der Waals surface area contributed by atoms with Gasteiger partial charge in [-0.1, -0.05) is 23.7 Å². The van der Waals surface area contributed by atoms with Crippen molar-refractivity contribution in [1.29, 1.82) is 0 Å². The van der Waals surface area contributed by atoms with E-state index >= 15 is 0 Å². The third-order valence-electron chi connectivity index (χ3n) is 5.64. The summed E-state index contributed by atoms with van der Waals surface area (Å²) in [5, 5.41) is 6.12. The Morgan fingerprint density at radius 1 is 0.933 bits per heavy atom. The van der Waals surface area contributed by atoms with Crippen LogP contribution in [0.2, 0.25) is 5.02 Å². The molecule has 45 heavy (non-hydrogen) atoms. The number of nitrogen functional groups attached to an aromatic ring is 1. The minimum absolute atomic E-state index is 0.0619. The number of rotatable bonds is 11. The molecule has 242 valence electrons. The fourth-order valence-electron chi connectivity index (χ4n) is 3.89. The van der Waals surface area contributed by atoms with Crippen LogP contribution in [0.25, 0.3) is 11.3 Å². The molecular weight excluding hydrogens is 602 g/mol. The van der Waals surface area contributed by atoms with E-state index in [-0.39, 0.29) is 12.6 Å². The first-order valence-electron chi connectivity index (χ1n) is 14.3. The van der Waals surface area contributed by atoms with Gasteiger partial charge in [0, 0.05) is 22.3 Å². The molecule has 0 fully saturated rings. The second kappa shape index (κ2) is 14.9. The molecule has 3 aromatic rings. The summed E-state index contributed by atoms with van der Waals surface area (Å²) in [7, 11) is 0. The molecule has 1 heterocycles. The Bertz CT molecular complexity index is 1500. The summed E-state index contributed by atoms with van der Waals surface area (Å²) < 4.78 is 21.7. The highest BCUT2D eigenvalue weighted by atomic mass is 35.5. The van der Waals surface area contributed by atoms with E-state index in [2.05, 4.69) is 20.6 Å². The molecule has 0 unspecified atom stereocenters. The summed E-state index contributed by atoms with van der Waals surface area (Å²) in [5.74, 6) is -0.362. The van der Waals surface area contributed by atoms with Gasteiger partial charge in [-0.3, -0.25) is 4.79 Å². The minimum Gasteiger partial charge on any atom is -0.493 e. The number of nitrogens with one attached hydrogen (secondary N) is 2. The van der Waals surface area contributed by atoms with Crippen LogP contribution in [0.4, 0.5) is 22.2 Å². The standard InChI is InChI=1S/C32H40ClN5O7/c1-8-42-25-14-11-20(33)15-22(25)23-16-26(38-29(34)36-23)35-21-12-9-19(10-13-21)18-43-27(39)17-24(28(40)44-31(2,3)4)37-30(41)45-32(5,6)7/h9-16,24H,8,17-18H2,1-7H3,(H,37,41)(H3,34,35,36,38)/t24-/m0/s1. The number of carbonyl (C=O) groups is 3. The second-order valence-corrected chi connectivity index (χ2v) is 12.4. The van der Waals surface area contributed by atoms with Crippen molar-refractivity contribution in [3.05, 3.63) is 59.1 Å². The first-order chi connectivity index (χ1) is 21.0. The number of carbonyl (C=O) groups excluding carboxylic acids is 3. The fourth-order valence-corrected chi connectivity index (χ4v) is 4.06. The van der Waals surface area contributed by atoms with Crippen molar-refractivity contribution in [3.63, 3.8) is 0 Å². The Hall–Kier alpha value is -4.58. The molecular formula is C32H40ClN5O7. The van der Waals surface area contributed by atoms with Crippen LogP contribution in [0.3, 0.4) is 0 Å². The lowest BCUT2D eigenvalue weighted by Gasteiger charge is -2.25. The van der Waals surface area contributed by atoms with E-state index in [0.29, 0.717) is 45.7 Å². The highest BCUT2D eigenvalue weighted by Crippen LogP contribution is 2.33. The molecule has 1 amide bonds. The lowest BCUT2D eigenvalue weighted by Crippen LogP contribution is -2.47. The van der Waals surface area contributed by atoms with E-state index in [9.17, 15) is 14.4 Å². The molecule has 2 aromatic carbocycles. The zero-order valence-corrected chi connectivity index (χ0v) is 27.3. The van der Waals surface area contributed by atoms with E-state index in [4.69, 9.17) is 36.3 Å². The van der Waals surface area contributed by atoms with Gasteiger partial charge in [-0.2, -0.15) is 4.98 Å². The molecule has 0 aliphatic heterocycles. The normalized spacial score (nSPS) is 12.1.